The third-order valence-corrected chi connectivity index (χ3v) is 4.63. The minimum absolute atomic E-state index is 0.199. The van der Waals surface area contributed by atoms with Gasteiger partial charge in [-0.15, -0.1) is 0 Å². The smallest absolute Gasteiger partial charge is 0.244 e. The molecule has 3 unspecified atom stereocenters. The maximum Gasteiger partial charge on any atom is 0.244 e. The predicted octanol–water partition coefficient (Wildman–Crippen LogP) is 2.71. The number of hydrogen-bond acceptors (Lipinski definition) is 3. The molecule has 3 atom stereocenters. The van der Waals surface area contributed by atoms with Crippen LogP contribution in [0.1, 0.15) is 47.5 Å². The van der Waals surface area contributed by atoms with Crippen LogP contribution >= 0.6 is 11.8 Å². The average Bonchev–Trinajstić information content (AvgIpc) is 2.51. The van der Waals surface area contributed by atoms with Gasteiger partial charge in [0.15, 0.2) is 0 Å². The van der Waals surface area contributed by atoms with Crippen LogP contribution in [-0.2, 0) is 4.79 Å². The zero-order valence-corrected chi connectivity index (χ0v) is 13.4. The highest BCUT2D eigenvalue weighted by Gasteiger charge is 2.47. The number of hydrogen-bond donors (Lipinski definition) is 1. The molecule has 4 heteroatoms. The molecule has 1 aliphatic heterocycles. The Kier molecular flexibility index (Phi) is 5.53. The third kappa shape index (κ3) is 3.21. The van der Waals surface area contributed by atoms with Crippen molar-refractivity contribution >= 4 is 17.7 Å². The molecule has 1 fully saturated rings. The molecule has 1 N–H and O–H groups in total. The Balaban J connectivity index is 2.89. The summed E-state index contributed by atoms with van der Waals surface area (Å²) >= 11 is 1.81. The molecule has 3 nitrogen and oxygen atoms in total. The molecule has 0 aromatic heterocycles. The van der Waals surface area contributed by atoms with Crippen LogP contribution in [-0.4, -0.2) is 40.6 Å². The van der Waals surface area contributed by atoms with Gasteiger partial charge in [-0.2, -0.15) is 11.8 Å². The van der Waals surface area contributed by atoms with E-state index in [1.807, 2.05) is 6.92 Å². The van der Waals surface area contributed by atoms with Gasteiger partial charge in [0.25, 0.3) is 0 Å². The fourth-order valence-electron chi connectivity index (χ4n) is 2.63. The molecule has 0 spiro atoms. The first-order valence-corrected chi connectivity index (χ1v) is 8.34. The van der Waals surface area contributed by atoms with Crippen molar-refractivity contribution in [2.24, 2.45) is 5.92 Å². The molecule has 106 valence electrons. The van der Waals surface area contributed by atoms with Gasteiger partial charge in [0.1, 0.15) is 0 Å². The predicted molar refractivity (Wildman–Crippen MR) is 79.8 cm³/mol. The summed E-state index contributed by atoms with van der Waals surface area (Å²) in [4.78, 5) is 14.7. The van der Waals surface area contributed by atoms with E-state index >= 15 is 0 Å². The van der Waals surface area contributed by atoms with Crippen molar-refractivity contribution in [2.45, 2.75) is 65.2 Å². The van der Waals surface area contributed by atoms with E-state index < -0.39 is 0 Å². The molecule has 1 amide bonds. The lowest BCUT2D eigenvalue weighted by molar-refractivity contribution is -0.134. The Morgan fingerprint density at radius 3 is 2.50 bits per heavy atom. The van der Waals surface area contributed by atoms with Gasteiger partial charge in [-0.1, -0.05) is 20.8 Å². The fraction of sp³-hybridized carbons (Fsp3) is 0.929. The van der Waals surface area contributed by atoms with E-state index in [9.17, 15) is 4.79 Å². The highest BCUT2D eigenvalue weighted by atomic mass is 32.2. The van der Waals surface area contributed by atoms with Crippen LogP contribution in [0, 0.1) is 5.92 Å². The molecule has 0 aliphatic carbocycles. The fourth-order valence-corrected chi connectivity index (χ4v) is 3.27. The van der Waals surface area contributed by atoms with Crippen molar-refractivity contribution in [1.29, 1.82) is 0 Å². The van der Waals surface area contributed by atoms with Crippen LogP contribution in [0.3, 0.4) is 0 Å². The van der Waals surface area contributed by atoms with Gasteiger partial charge < -0.3 is 4.90 Å². The van der Waals surface area contributed by atoms with E-state index in [4.69, 9.17) is 0 Å². The van der Waals surface area contributed by atoms with Crippen molar-refractivity contribution in [3.05, 3.63) is 0 Å². The molecule has 0 aromatic rings. The Labute approximate surface area is 116 Å². The topological polar surface area (TPSA) is 32.3 Å². The Morgan fingerprint density at radius 1 is 1.44 bits per heavy atom. The van der Waals surface area contributed by atoms with E-state index in [1.165, 1.54) is 0 Å². The van der Waals surface area contributed by atoms with Gasteiger partial charge in [-0.05, 0) is 38.9 Å². The van der Waals surface area contributed by atoms with Crippen molar-refractivity contribution in [3.63, 3.8) is 0 Å². The van der Waals surface area contributed by atoms with Gasteiger partial charge in [0, 0.05) is 11.8 Å². The number of nitrogens with zero attached hydrogens (tertiary/aromatic N) is 1. The van der Waals surface area contributed by atoms with Gasteiger partial charge in [-0.25, -0.2) is 0 Å². The van der Waals surface area contributed by atoms with E-state index in [2.05, 4.69) is 44.2 Å². The van der Waals surface area contributed by atoms with E-state index in [-0.39, 0.29) is 17.6 Å². The second kappa shape index (κ2) is 6.29. The number of nitrogens with one attached hydrogen (secondary N) is 1. The zero-order chi connectivity index (χ0) is 13.9. The lowest BCUT2D eigenvalue weighted by Gasteiger charge is -2.31. The van der Waals surface area contributed by atoms with Crippen molar-refractivity contribution < 1.29 is 4.79 Å². The lowest BCUT2D eigenvalue weighted by atomic mass is 9.99. The molecule has 1 rings (SSSR count). The molecular formula is C14H28N2OS. The summed E-state index contributed by atoms with van der Waals surface area (Å²) in [5.74, 6) is 1.87. The molecule has 0 saturated carbocycles. The molecule has 0 bridgehead atoms. The van der Waals surface area contributed by atoms with E-state index in [0.29, 0.717) is 12.0 Å². The Bertz CT molecular complexity index is 296. The normalized spacial score (nSPS) is 30.3. The van der Waals surface area contributed by atoms with Crippen LogP contribution < -0.4 is 5.32 Å². The number of carbonyl (C=O) groups excluding carboxylic acids is 1. The first-order valence-electron chi connectivity index (χ1n) is 6.95. The SMILES string of the molecule is CCC1(C)NC(CC(C)C)N(C(C)CSC)C1=O. The minimum atomic E-state index is -0.369. The van der Waals surface area contributed by atoms with Crippen molar-refractivity contribution in [3.8, 4) is 0 Å². The maximum absolute atomic E-state index is 12.6. The monoisotopic (exact) mass is 272 g/mol. The van der Waals surface area contributed by atoms with E-state index in [1.54, 1.807) is 11.8 Å². The summed E-state index contributed by atoms with van der Waals surface area (Å²) in [7, 11) is 0. The standard InChI is InChI=1S/C14H28N2OS/c1-7-14(5)13(17)16(11(4)9-18-6)12(15-14)8-10(2)3/h10-12,15H,7-9H2,1-6H3. The van der Waals surface area contributed by atoms with Gasteiger partial charge in [0.2, 0.25) is 5.91 Å². The van der Waals surface area contributed by atoms with Crippen LogP contribution in [0.5, 0.6) is 0 Å². The maximum atomic E-state index is 12.6. The average molecular weight is 272 g/mol. The zero-order valence-electron chi connectivity index (χ0n) is 12.6. The number of amides is 1. The molecule has 0 radical (unpaired) electrons. The summed E-state index contributed by atoms with van der Waals surface area (Å²) in [6, 6.07) is 0.303. The molecular weight excluding hydrogens is 244 g/mol. The van der Waals surface area contributed by atoms with Gasteiger partial charge >= 0.3 is 0 Å². The highest BCUT2D eigenvalue weighted by Crippen LogP contribution is 2.29. The van der Waals surface area contributed by atoms with Gasteiger partial charge in [0.05, 0.1) is 11.7 Å². The summed E-state index contributed by atoms with van der Waals surface area (Å²) < 4.78 is 0. The summed E-state index contributed by atoms with van der Waals surface area (Å²) in [6.45, 7) is 10.7. The van der Waals surface area contributed by atoms with E-state index in [0.717, 1.165) is 18.6 Å². The second-order valence-corrected chi connectivity index (χ2v) is 6.90. The molecule has 18 heavy (non-hydrogen) atoms. The molecule has 1 aliphatic rings. The number of rotatable bonds is 6. The third-order valence-electron chi connectivity index (χ3n) is 3.81. The first-order chi connectivity index (χ1) is 8.35. The highest BCUT2D eigenvalue weighted by molar-refractivity contribution is 7.98. The molecule has 1 saturated heterocycles. The lowest BCUT2D eigenvalue weighted by Crippen LogP contribution is -2.45. The first kappa shape index (κ1) is 15.8. The van der Waals surface area contributed by atoms with Crippen molar-refractivity contribution in [1.82, 2.24) is 10.2 Å². The van der Waals surface area contributed by atoms with Gasteiger partial charge in [-0.3, -0.25) is 10.1 Å². The largest absolute Gasteiger partial charge is 0.322 e. The van der Waals surface area contributed by atoms with Crippen LogP contribution in [0.25, 0.3) is 0 Å². The molecule has 0 aromatic carbocycles. The number of thioether (sulfide) groups is 1. The summed E-state index contributed by atoms with van der Waals surface area (Å²) in [5, 5.41) is 3.55. The van der Waals surface area contributed by atoms with Crippen LogP contribution in [0.2, 0.25) is 0 Å². The quantitative estimate of drug-likeness (QED) is 0.807. The summed E-state index contributed by atoms with van der Waals surface area (Å²) in [5.41, 5.74) is -0.369. The Morgan fingerprint density at radius 2 is 2.06 bits per heavy atom. The number of carbonyl (C=O) groups is 1. The van der Waals surface area contributed by atoms with Crippen LogP contribution in [0.4, 0.5) is 0 Å². The second-order valence-electron chi connectivity index (χ2n) is 5.99. The minimum Gasteiger partial charge on any atom is -0.322 e. The molecule has 1 heterocycles. The van der Waals surface area contributed by atoms with Crippen molar-refractivity contribution in [2.75, 3.05) is 12.0 Å². The van der Waals surface area contributed by atoms with Crippen LogP contribution in [0.15, 0.2) is 0 Å². The Hall–Kier alpha value is -0.220. The summed E-state index contributed by atoms with van der Waals surface area (Å²) in [6.07, 6.45) is 4.17.